The molecule has 1 saturated heterocycles. The van der Waals surface area contributed by atoms with Gasteiger partial charge < -0.3 is 9.64 Å². The fourth-order valence-corrected chi connectivity index (χ4v) is 3.89. The number of ether oxygens (including phenoxy) is 1. The minimum Gasteiger partial charge on any atom is -0.369 e. The summed E-state index contributed by atoms with van der Waals surface area (Å²) in [5.74, 6) is 1.71. The molecule has 5 heteroatoms. The van der Waals surface area contributed by atoms with Gasteiger partial charge in [0.2, 0.25) is 0 Å². The quantitative estimate of drug-likeness (QED) is 0.909. The Hall–Kier alpha value is -1.36. The van der Waals surface area contributed by atoms with E-state index < -0.39 is 0 Å². The Kier molecular flexibility index (Phi) is 3.06. The third-order valence-corrected chi connectivity index (χ3v) is 5.45. The highest BCUT2D eigenvalue weighted by Crippen LogP contribution is 2.39. The zero-order valence-corrected chi connectivity index (χ0v) is 12.8. The Morgan fingerprint density at radius 1 is 1.29 bits per heavy atom. The van der Waals surface area contributed by atoms with Gasteiger partial charge in [-0.25, -0.2) is 0 Å². The number of likely N-dealkylation sites (tertiary alicyclic amines) is 1. The smallest absolute Gasteiger partial charge is 0.274 e. The summed E-state index contributed by atoms with van der Waals surface area (Å²) < 4.78 is 5.78. The van der Waals surface area contributed by atoms with Gasteiger partial charge in [-0.15, -0.1) is 0 Å². The summed E-state index contributed by atoms with van der Waals surface area (Å²) in [5, 5.41) is 7.31. The first-order chi connectivity index (χ1) is 10.1. The zero-order valence-electron chi connectivity index (χ0n) is 12.8. The van der Waals surface area contributed by atoms with E-state index in [0.29, 0.717) is 5.69 Å². The lowest BCUT2D eigenvalue weighted by molar-refractivity contribution is -0.00723. The fourth-order valence-electron chi connectivity index (χ4n) is 3.89. The Morgan fingerprint density at radius 3 is 2.71 bits per heavy atom. The number of aromatic nitrogens is 2. The van der Waals surface area contributed by atoms with Crippen molar-refractivity contribution in [3.05, 3.63) is 17.0 Å². The number of aromatic amines is 1. The number of amides is 1. The van der Waals surface area contributed by atoms with Crippen LogP contribution < -0.4 is 0 Å². The number of carbonyl (C=O) groups excluding carboxylic acids is 1. The molecular formula is C16H23N3O2. The number of hydrogen-bond donors (Lipinski definition) is 1. The maximum atomic E-state index is 12.7. The third-order valence-electron chi connectivity index (χ3n) is 5.45. The second-order valence-corrected chi connectivity index (χ2v) is 6.92. The van der Waals surface area contributed by atoms with Crippen molar-refractivity contribution in [3.63, 3.8) is 0 Å². The summed E-state index contributed by atoms with van der Waals surface area (Å²) in [7, 11) is 0. The molecular weight excluding hydrogens is 266 g/mol. The SMILES string of the molecule is C[C@@H]1Cc2c(C(=O)N3CC(C4CCC4)C3)n[nH]c2[C@H](C)O1. The Balaban J connectivity index is 1.48. The number of H-pyrrole nitrogens is 1. The highest BCUT2D eigenvalue weighted by Gasteiger charge is 2.40. The summed E-state index contributed by atoms with van der Waals surface area (Å²) in [5.41, 5.74) is 2.67. The van der Waals surface area contributed by atoms with E-state index in [0.717, 1.165) is 42.6 Å². The van der Waals surface area contributed by atoms with Gasteiger partial charge in [-0.3, -0.25) is 9.89 Å². The largest absolute Gasteiger partial charge is 0.369 e. The molecule has 0 bridgehead atoms. The van der Waals surface area contributed by atoms with Crippen LogP contribution in [0.3, 0.4) is 0 Å². The standard InChI is InChI=1S/C16H23N3O2/c1-9-6-13-14(10(2)21-9)17-18-15(13)16(20)19-7-12(8-19)11-4-3-5-11/h9-12H,3-8H2,1-2H3,(H,17,18)/t9-,10+/m1/s1. The average molecular weight is 289 g/mol. The predicted molar refractivity (Wildman–Crippen MR) is 78.0 cm³/mol. The van der Waals surface area contributed by atoms with Crippen molar-refractivity contribution in [1.82, 2.24) is 15.1 Å². The molecule has 2 fully saturated rings. The number of fused-ring (bicyclic) bond motifs is 1. The van der Waals surface area contributed by atoms with Crippen LogP contribution in [0.4, 0.5) is 0 Å². The van der Waals surface area contributed by atoms with Crippen LogP contribution in [-0.2, 0) is 11.2 Å². The van der Waals surface area contributed by atoms with Crippen molar-refractivity contribution in [2.45, 2.75) is 51.7 Å². The molecule has 5 nitrogen and oxygen atoms in total. The molecule has 1 aliphatic carbocycles. The summed E-state index contributed by atoms with van der Waals surface area (Å²) in [6.45, 7) is 5.91. The topological polar surface area (TPSA) is 58.2 Å². The van der Waals surface area contributed by atoms with E-state index in [9.17, 15) is 4.79 Å². The second kappa shape index (κ2) is 4.83. The maximum Gasteiger partial charge on any atom is 0.274 e. The van der Waals surface area contributed by atoms with E-state index >= 15 is 0 Å². The lowest BCUT2D eigenvalue weighted by atomic mass is 9.72. The molecule has 1 aromatic rings. The highest BCUT2D eigenvalue weighted by atomic mass is 16.5. The average Bonchev–Trinajstić information content (AvgIpc) is 2.73. The van der Waals surface area contributed by atoms with Crippen LogP contribution in [0.2, 0.25) is 0 Å². The molecule has 0 radical (unpaired) electrons. The van der Waals surface area contributed by atoms with E-state index in [1.807, 2.05) is 11.8 Å². The van der Waals surface area contributed by atoms with Gasteiger partial charge in [0.15, 0.2) is 5.69 Å². The van der Waals surface area contributed by atoms with Crippen molar-refractivity contribution in [2.75, 3.05) is 13.1 Å². The van der Waals surface area contributed by atoms with Gasteiger partial charge >= 0.3 is 0 Å². The molecule has 0 aromatic carbocycles. The number of hydrogen-bond acceptors (Lipinski definition) is 3. The first-order valence-electron chi connectivity index (χ1n) is 8.15. The van der Waals surface area contributed by atoms with Crippen molar-refractivity contribution < 1.29 is 9.53 Å². The highest BCUT2D eigenvalue weighted by molar-refractivity contribution is 5.94. The number of nitrogens with zero attached hydrogens (tertiary/aromatic N) is 2. The zero-order chi connectivity index (χ0) is 14.6. The van der Waals surface area contributed by atoms with Crippen LogP contribution in [-0.4, -0.2) is 40.2 Å². The number of nitrogens with one attached hydrogen (secondary N) is 1. The molecule has 3 heterocycles. The summed E-state index contributed by atoms with van der Waals surface area (Å²) in [6, 6.07) is 0. The van der Waals surface area contributed by atoms with Crippen LogP contribution in [0, 0.1) is 11.8 Å². The Labute approximate surface area is 125 Å². The number of carbonyl (C=O) groups is 1. The van der Waals surface area contributed by atoms with Gasteiger partial charge in [-0.2, -0.15) is 5.10 Å². The second-order valence-electron chi connectivity index (χ2n) is 6.92. The van der Waals surface area contributed by atoms with Gasteiger partial charge in [0.25, 0.3) is 5.91 Å². The fraction of sp³-hybridized carbons (Fsp3) is 0.750. The first kappa shape index (κ1) is 13.3. The van der Waals surface area contributed by atoms with Crippen molar-refractivity contribution in [3.8, 4) is 0 Å². The van der Waals surface area contributed by atoms with E-state index in [2.05, 4.69) is 17.1 Å². The van der Waals surface area contributed by atoms with Gasteiger partial charge in [0.1, 0.15) is 0 Å². The summed E-state index contributed by atoms with van der Waals surface area (Å²) >= 11 is 0. The van der Waals surface area contributed by atoms with Gasteiger partial charge in [-0.1, -0.05) is 19.3 Å². The predicted octanol–water partition coefficient (Wildman–Crippen LogP) is 2.30. The van der Waals surface area contributed by atoms with Crippen LogP contribution in [0.25, 0.3) is 0 Å². The molecule has 2 atom stereocenters. The van der Waals surface area contributed by atoms with Gasteiger partial charge in [0, 0.05) is 25.1 Å². The minimum absolute atomic E-state index is 0.00286. The molecule has 0 unspecified atom stereocenters. The van der Waals surface area contributed by atoms with E-state index in [1.165, 1.54) is 19.3 Å². The molecule has 1 N–H and O–H groups in total. The molecule has 1 amide bonds. The Bertz CT molecular complexity index is 558. The van der Waals surface area contributed by atoms with E-state index in [4.69, 9.17) is 4.74 Å². The first-order valence-corrected chi connectivity index (χ1v) is 8.15. The minimum atomic E-state index is -0.00286. The molecule has 1 aromatic heterocycles. The molecule has 2 aliphatic heterocycles. The molecule has 0 spiro atoms. The monoisotopic (exact) mass is 289 g/mol. The van der Waals surface area contributed by atoms with Gasteiger partial charge in [-0.05, 0) is 25.7 Å². The molecule has 1 saturated carbocycles. The van der Waals surface area contributed by atoms with E-state index in [1.54, 1.807) is 0 Å². The lowest BCUT2D eigenvalue weighted by Crippen LogP contribution is -2.54. The third kappa shape index (κ3) is 2.09. The lowest BCUT2D eigenvalue weighted by Gasteiger charge is -2.46. The molecule has 114 valence electrons. The van der Waals surface area contributed by atoms with Crippen LogP contribution in [0.5, 0.6) is 0 Å². The Morgan fingerprint density at radius 2 is 2.05 bits per heavy atom. The number of rotatable bonds is 2. The maximum absolute atomic E-state index is 12.7. The summed E-state index contributed by atoms with van der Waals surface area (Å²) in [4.78, 5) is 14.6. The van der Waals surface area contributed by atoms with Gasteiger partial charge in [0.05, 0.1) is 17.9 Å². The van der Waals surface area contributed by atoms with Crippen LogP contribution in [0.1, 0.15) is 61.0 Å². The van der Waals surface area contributed by atoms with Crippen molar-refractivity contribution >= 4 is 5.91 Å². The molecule has 3 aliphatic rings. The summed E-state index contributed by atoms with van der Waals surface area (Å²) in [6.07, 6.45) is 5.01. The van der Waals surface area contributed by atoms with Crippen LogP contribution in [0.15, 0.2) is 0 Å². The van der Waals surface area contributed by atoms with Crippen LogP contribution >= 0.6 is 0 Å². The van der Waals surface area contributed by atoms with E-state index in [-0.39, 0.29) is 18.1 Å². The van der Waals surface area contributed by atoms with Crippen molar-refractivity contribution in [2.24, 2.45) is 11.8 Å². The van der Waals surface area contributed by atoms with Crippen molar-refractivity contribution in [1.29, 1.82) is 0 Å². The normalized spacial score (nSPS) is 29.7. The molecule has 21 heavy (non-hydrogen) atoms. The molecule has 4 rings (SSSR count).